The average Bonchev–Trinajstić information content (AvgIpc) is 3.17. The molecule has 1 aliphatic rings. The molecule has 1 atom stereocenters. The number of hydrogen-bond donors (Lipinski definition) is 0. The number of nitrogens with zero attached hydrogens (tertiary/aromatic N) is 1. The summed E-state index contributed by atoms with van der Waals surface area (Å²) < 4.78 is 73.8. The van der Waals surface area contributed by atoms with Crippen LogP contribution in [0.3, 0.4) is 0 Å². The Morgan fingerprint density at radius 1 is 1.14 bits per heavy atom. The first-order chi connectivity index (χ1) is 9.67. The van der Waals surface area contributed by atoms with Crippen LogP contribution in [0, 0.1) is 5.92 Å². The number of benzene rings is 1. The summed E-state index contributed by atoms with van der Waals surface area (Å²) in [6.45, 7) is 0. The molecule has 21 heavy (non-hydrogen) atoms. The third-order valence-corrected chi connectivity index (χ3v) is 2.97. The van der Waals surface area contributed by atoms with Crippen LogP contribution in [0.15, 0.2) is 29.4 Å². The van der Waals surface area contributed by atoms with E-state index < -0.39 is 24.0 Å². The Morgan fingerprint density at radius 2 is 1.81 bits per heavy atom. The first-order valence-corrected chi connectivity index (χ1v) is 6.11. The molecule has 1 aliphatic carbocycles. The predicted molar refractivity (Wildman–Crippen MR) is 62.5 cm³/mol. The predicted octanol–water partition coefficient (Wildman–Crippen LogP) is 4.72. The lowest BCUT2D eigenvalue weighted by Crippen LogP contribution is -2.11. The minimum Gasteiger partial charge on any atom is -0.387 e. The maximum absolute atomic E-state index is 12.6. The van der Waals surface area contributed by atoms with E-state index in [9.17, 15) is 26.3 Å². The Hall–Kier alpha value is -1.73. The van der Waals surface area contributed by atoms with Crippen molar-refractivity contribution in [2.24, 2.45) is 11.1 Å². The van der Waals surface area contributed by atoms with Gasteiger partial charge in [0.15, 0.2) is 6.10 Å². The molecule has 1 fully saturated rings. The summed E-state index contributed by atoms with van der Waals surface area (Å²) in [4.78, 5) is 4.78. The van der Waals surface area contributed by atoms with Gasteiger partial charge in [-0.05, 0) is 30.5 Å². The zero-order valence-corrected chi connectivity index (χ0v) is 10.6. The smallest absolute Gasteiger partial charge is 0.387 e. The van der Waals surface area contributed by atoms with Crippen molar-refractivity contribution >= 4 is 6.21 Å². The molecule has 0 N–H and O–H groups in total. The molecular weight excluding hydrogens is 300 g/mol. The van der Waals surface area contributed by atoms with E-state index in [0.29, 0.717) is 12.8 Å². The van der Waals surface area contributed by atoms with Gasteiger partial charge in [-0.15, -0.1) is 0 Å². The second-order valence-corrected chi connectivity index (χ2v) is 4.76. The maximum atomic E-state index is 12.6. The molecule has 0 aliphatic heterocycles. The molecule has 2 rings (SSSR count). The minimum atomic E-state index is -4.62. The molecule has 2 nitrogen and oxygen atoms in total. The van der Waals surface area contributed by atoms with Crippen molar-refractivity contribution in [3.05, 3.63) is 35.4 Å². The molecule has 0 bridgehead atoms. The zero-order chi connectivity index (χ0) is 15.7. The van der Waals surface area contributed by atoms with Gasteiger partial charge in [0.25, 0.3) is 0 Å². The monoisotopic (exact) mass is 311 g/mol. The van der Waals surface area contributed by atoms with Gasteiger partial charge in [0.05, 0.1) is 5.56 Å². The first-order valence-electron chi connectivity index (χ1n) is 6.11. The summed E-state index contributed by atoms with van der Waals surface area (Å²) in [6.07, 6.45) is -8.99. The van der Waals surface area contributed by atoms with Gasteiger partial charge in [0.1, 0.15) is 6.21 Å². The van der Waals surface area contributed by atoms with E-state index in [1.54, 1.807) is 0 Å². The van der Waals surface area contributed by atoms with E-state index in [1.807, 2.05) is 0 Å². The van der Waals surface area contributed by atoms with E-state index in [4.69, 9.17) is 4.84 Å². The summed E-state index contributed by atoms with van der Waals surface area (Å²) >= 11 is 0. The Labute approximate surface area is 116 Å². The number of alkyl halides is 6. The van der Waals surface area contributed by atoms with Crippen molar-refractivity contribution in [1.82, 2.24) is 0 Å². The maximum Gasteiger partial charge on any atom is 0.429 e. The topological polar surface area (TPSA) is 21.6 Å². The lowest BCUT2D eigenvalue weighted by molar-refractivity contribution is -0.137. The van der Waals surface area contributed by atoms with Gasteiger partial charge < -0.3 is 4.84 Å². The molecule has 0 heterocycles. The second kappa shape index (κ2) is 5.57. The molecule has 116 valence electrons. The van der Waals surface area contributed by atoms with Gasteiger partial charge in [-0.1, -0.05) is 17.3 Å². The molecule has 1 unspecified atom stereocenters. The van der Waals surface area contributed by atoms with E-state index >= 15 is 0 Å². The summed E-state index contributed by atoms with van der Waals surface area (Å²) in [5, 5.41) is 2.84. The summed E-state index contributed by atoms with van der Waals surface area (Å²) in [6, 6.07) is 4.37. The minimum absolute atomic E-state index is 0.112. The normalized spacial score (nSPS) is 18.0. The standard InChI is InChI=1S/C13H11F6NO/c14-12(15,16)7-20-21-11(8-4-5-8)9-2-1-3-10(6-9)13(17,18)19/h1-3,6-8,11H,4-5H2. The van der Waals surface area contributed by atoms with Gasteiger partial charge in [-0.3, -0.25) is 0 Å². The van der Waals surface area contributed by atoms with Crippen molar-refractivity contribution < 1.29 is 31.2 Å². The Balaban J connectivity index is 2.17. The fourth-order valence-corrected chi connectivity index (χ4v) is 1.87. The van der Waals surface area contributed by atoms with E-state index in [0.717, 1.165) is 12.1 Å². The highest BCUT2D eigenvalue weighted by atomic mass is 19.4. The third kappa shape index (κ3) is 4.64. The highest BCUT2D eigenvalue weighted by molar-refractivity contribution is 5.63. The van der Waals surface area contributed by atoms with E-state index in [1.165, 1.54) is 12.1 Å². The third-order valence-electron chi connectivity index (χ3n) is 2.97. The number of halogens is 6. The molecule has 0 radical (unpaired) electrons. The van der Waals surface area contributed by atoms with Gasteiger partial charge in [0.2, 0.25) is 0 Å². The number of hydrogen-bond acceptors (Lipinski definition) is 2. The van der Waals surface area contributed by atoms with Crippen molar-refractivity contribution in [2.45, 2.75) is 31.3 Å². The summed E-state index contributed by atoms with van der Waals surface area (Å²) in [7, 11) is 0. The van der Waals surface area contributed by atoms with Crippen LogP contribution in [0.5, 0.6) is 0 Å². The lowest BCUT2D eigenvalue weighted by atomic mass is 10.0. The van der Waals surface area contributed by atoms with Crippen LogP contribution in [0.1, 0.15) is 30.1 Å². The molecule has 1 saturated carbocycles. The van der Waals surface area contributed by atoms with Crippen molar-refractivity contribution in [1.29, 1.82) is 0 Å². The fraction of sp³-hybridized carbons (Fsp3) is 0.462. The van der Waals surface area contributed by atoms with Gasteiger partial charge in [-0.25, -0.2) is 0 Å². The lowest BCUT2D eigenvalue weighted by Gasteiger charge is -2.16. The van der Waals surface area contributed by atoms with E-state index in [-0.39, 0.29) is 17.7 Å². The second-order valence-electron chi connectivity index (χ2n) is 4.76. The quantitative estimate of drug-likeness (QED) is 0.448. The average molecular weight is 311 g/mol. The largest absolute Gasteiger partial charge is 0.429 e. The highest BCUT2D eigenvalue weighted by Gasteiger charge is 2.37. The molecule has 1 aromatic carbocycles. The molecular formula is C13H11F6NO. The first kappa shape index (κ1) is 15.7. The van der Waals surface area contributed by atoms with Gasteiger partial charge >= 0.3 is 12.4 Å². The fourth-order valence-electron chi connectivity index (χ4n) is 1.87. The van der Waals surface area contributed by atoms with Crippen molar-refractivity contribution in [2.75, 3.05) is 0 Å². The number of rotatable bonds is 4. The van der Waals surface area contributed by atoms with E-state index in [2.05, 4.69) is 5.16 Å². The molecule has 0 aromatic heterocycles. The Bertz CT molecular complexity index is 518. The zero-order valence-electron chi connectivity index (χ0n) is 10.6. The molecule has 0 spiro atoms. The Morgan fingerprint density at radius 3 is 2.33 bits per heavy atom. The van der Waals surface area contributed by atoms with Crippen molar-refractivity contribution in [3.8, 4) is 0 Å². The van der Waals surface area contributed by atoms with Gasteiger partial charge in [-0.2, -0.15) is 26.3 Å². The van der Waals surface area contributed by atoms with Crippen molar-refractivity contribution in [3.63, 3.8) is 0 Å². The van der Waals surface area contributed by atoms with Crippen LogP contribution in [0.4, 0.5) is 26.3 Å². The number of oxime groups is 1. The van der Waals surface area contributed by atoms with Crippen LogP contribution < -0.4 is 0 Å². The van der Waals surface area contributed by atoms with Crippen LogP contribution in [0.2, 0.25) is 0 Å². The molecule has 1 aromatic rings. The van der Waals surface area contributed by atoms with Crippen LogP contribution in [-0.2, 0) is 11.0 Å². The van der Waals surface area contributed by atoms with Crippen LogP contribution in [-0.4, -0.2) is 12.4 Å². The van der Waals surface area contributed by atoms with Crippen LogP contribution >= 0.6 is 0 Å². The molecule has 0 amide bonds. The van der Waals surface area contributed by atoms with Crippen LogP contribution in [0.25, 0.3) is 0 Å². The van der Waals surface area contributed by atoms with Gasteiger partial charge in [0, 0.05) is 5.92 Å². The SMILES string of the molecule is FC(F)(F)C=NOC(c1cccc(C(F)(F)F)c1)C1CC1. The highest BCUT2D eigenvalue weighted by Crippen LogP contribution is 2.44. The Kier molecular flexibility index (Phi) is 4.15. The molecule has 0 saturated heterocycles. The summed E-state index contributed by atoms with van der Waals surface area (Å²) in [5.41, 5.74) is -0.694. The summed E-state index contributed by atoms with van der Waals surface area (Å²) in [5.74, 6) is -0.112. The molecule has 8 heteroatoms.